The van der Waals surface area contributed by atoms with Crippen molar-refractivity contribution in [2.24, 2.45) is 0 Å². The Morgan fingerprint density at radius 1 is 0.939 bits per heavy atom. The second-order valence-electron chi connectivity index (χ2n) is 13.2. The van der Waals surface area contributed by atoms with Gasteiger partial charge in [0.1, 0.15) is 5.75 Å². The second-order valence-corrected chi connectivity index (χ2v) is 14.9. The molecule has 260 valence electrons. The van der Waals surface area contributed by atoms with Crippen molar-refractivity contribution in [1.29, 1.82) is 0 Å². The fraction of sp³-hybridized carbons (Fsp3) is 0.361. The van der Waals surface area contributed by atoms with Crippen molar-refractivity contribution in [3.8, 4) is 16.9 Å². The minimum Gasteiger partial charge on any atom is -0.492 e. The molecular formula is C36H44N6O6S. The first-order chi connectivity index (χ1) is 23.2. The topological polar surface area (TPSA) is 142 Å². The molecule has 3 N–H and O–H groups in total. The molecule has 1 aliphatic rings. The number of anilines is 3. The van der Waals surface area contributed by atoms with Crippen LogP contribution in [0.3, 0.4) is 0 Å². The van der Waals surface area contributed by atoms with E-state index in [1.165, 1.54) is 26.1 Å². The summed E-state index contributed by atoms with van der Waals surface area (Å²) in [6, 6.07) is 18.6. The number of morpholine rings is 1. The maximum absolute atomic E-state index is 13.5. The molecule has 0 radical (unpaired) electrons. The van der Waals surface area contributed by atoms with Crippen LogP contribution in [0.15, 0.2) is 66.9 Å². The molecule has 1 fully saturated rings. The van der Waals surface area contributed by atoms with Gasteiger partial charge in [0.05, 0.1) is 43.1 Å². The smallest absolute Gasteiger partial charge is 0.323 e. The molecule has 0 unspecified atom stereocenters. The van der Waals surface area contributed by atoms with Crippen molar-refractivity contribution in [3.05, 3.63) is 78.1 Å². The Morgan fingerprint density at radius 3 is 2.24 bits per heavy atom. The number of benzene rings is 3. The number of pyridine rings is 1. The van der Waals surface area contributed by atoms with Gasteiger partial charge < -0.3 is 25.0 Å². The van der Waals surface area contributed by atoms with E-state index < -0.39 is 33.1 Å². The summed E-state index contributed by atoms with van der Waals surface area (Å²) >= 11 is 0. The Morgan fingerprint density at radius 2 is 1.61 bits per heavy atom. The number of aromatic nitrogens is 1. The molecule has 12 nitrogen and oxygen atoms in total. The van der Waals surface area contributed by atoms with Gasteiger partial charge in [0.25, 0.3) is 0 Å². The summed E-state index contributed by atoms with van der Waals surface area (Å²) in [7, 11) is 0.263. The van der Waals surface area contributed by atoms with E-state index in [4.69, 9.17) is 14.5 Å². The average molecular weight is 689 g/mol. The van der Waals surface area contributed by atoms with E-state index >= 15 is 0 Å². The van der Waals surface area contributed by atoms with Crippen molar-refractivity contribution < 1.29 is 27.5 Å². The van der Waals surface area contributed by atoms with Crippen LogP contribution in [-0.4, -0.2) is 88.4 Å². The van der Waals surface area contributed by atoms with E-state index in [1.54, 1.807) is 12.1 Å². The zero-order chi connectivity index (χ0) is 35.3. The zero-order valence-corrected chi connectivity index (χ0v) is 29.6. The maximum Gasteiger partial charge on any atom is 0.323 e. The molecule has 1 aliphatic heterocycles. The highest BCUT2D eigenvalue weighted by Crippen LogP contribution is 2.40. The van der Waals surface area contributed by atoms with E-state index in [1.807, 2.05) is 69.4 Å². The Hall–Kier alpha value is -4.72. The summed E-state index contributed by atoms with van der Waals surface area (Å²) in [6.07, 6.45) is 1.88. The minimum absolute atomic E-state index is 0.105. The van der Waals surface area contributed by atoms with Crippen LogP contribution in [0.25, 0.3) is 21.9 Å². The van der Waals surface area contributed by atoms with Gasteiger partial charge in [0.15, 0.2) is 5.75 Å². The number of ether oxygens (including phenoxy) is 2. The molecule has 1 aromatic heterocycles. The number of urea groups is 1. The molecule has 1 saturated heterocycles. The number of sulfonamides is 1. The predicted molar refractivity (Wildman–Crippen MR) is 194 cm³/mol. The van der Waals surface area contributed by atoms with Gasteiger partial charge in [0.2, 0.25) is 15.9 Å². The van der Waals surface area contributed by atoms with Gasteiger partial charge in [-0.1, -0.05) is 57.2 Å². The van der Waals surface area contributed by atoms with Crippen LogP contribution < -0.4 is 20.1 Å². The number of nitrogens with one attached hydrogen (secondary N) is 3. The van der Waals surface area contributed by atoms with Gasteiger partial charge in [-0.25, -0.2) is 13.2 Å². The van der Waals surface area contributed by atoms with E-state index in [-0.39, 0.29) is 17.1 Å². The highest BCUT2D eigenvalue weighted by molar-refractivity contribution is 7.93. The summed E-state index contributed by atoms with van der Waals surface area (Å²) in [5.74, 6) is -1.22. The number of carbonyl (C=O) groups excluding carboxylic acids is 2. The summed E-state index contributed by atoms with van der Waals surface area (Å²) < 4.78 is 39.4. The van der Waals surface area contributed by atoms with Crippen LogP contribution in [0, 0.1) is 0 Å². The lowest BCUT2D eigenvalue weighted by Gasteiger charge is -2.26. The molecule has 0 atom stereocenters. The number of carbonyl (C=O) groups is 2. The largest absolute Gasteiger partial charge is 0.492 e. The summed E-state index contributed by atoms with van der Waals surface area (Å²) in [6.45, 7) is 9.93. The number of nitrogens with zero attached hydrogens (tertiary/aromatic N) is 3. The Labute approximate surface area is 287 Å². The van der Waals surface area contributed by atoms with Gasteiger partial charge in [-0.3, -0.25) is 19.4 Å². The summed E-state index contributed by atoms with van der Waals surface area (Å²) in [5, 5.41) is 7.59. The van der Waals surface area contributed by atoms with Crippen LogP contribution in [0.1, 0.15) is 32.0 Å². The first-order valence-electron chi connectivity index (χ1n) is 16.0. The van der Waals surface area contributed by atoms with Crippen LogP contribution in [-0.2, 0) is 31.5 Å². The molecule has 0 aliphatic carbocycles. The van der Waals surface area contributed by atoms with Crippen LogP contribution in [0.2, 0.25) is 0 Å². The first kappa shape index (κ1) is 35.6. The van der Waals surface area contributed by atoms with E-state index in [2.05, 4.69) is 26.3 Å². The van der Waals surface area contributed by atoms with Gasteiger partial charge in [-0.05, 0) is 46.2 Å². The molecule has 0 saturated carbocycles. The molecular weight excluding hydrogens is 644 g/mol. The van der Waals surface area contributed by atoms with Gasteiger partial charge in [0, 0.05) is 50.9 Å². The Bertz CT molecular complexity index is 1930. The Balaban J connectivity index is 1.40. The van der Waals surface area contributed by atoms with E-state index in [0.29, 0.717) is 5.69 Å². The lowest BCUT2D eigenvalue weighted by Crippen LogP contribution is -2.35. The van der Waals surface area contributed by atoms with Crippen molar-refractivity contribution in [3.63, 3.8) is 0 Å². The third kappa shape index (κ3) is 8.85. The van der Waals surface area contributed by atoms with Crippen molar-refractivity contribution >= 4 is 49.8 Å². The lowest BCUT2D eigenvalue weighted by atomic mass is 9.86. The highest BCUT2D eigenvalue weighted by atomic mass is 32.2. The minimum atomic E-state index is -4.09. The number of fused-ring (bicyclic) bond motifs is 1. The van der Waals surface area contributed by atoms with Crippen LogP contribution in [0.4, 0.5) is 21.9 Å². The molecule has 2 heterocycles. The molecule has 0 spiro atoms. The monoisotopic (exact) mass is 688 g/mol. The average Bonchev–Trinajstić information content (AvgIpc) is 3.05. The number of hydrogen-bond donors (Lipinski definition) is 3. The van der Waals surface area contributed by atoms with Crippen molar-refractivity contribution in [2.75, 3.05) is 68.6 Å². The molecule has 5 rings (SSSR count). The van der Waals surface area contributed by atoms with E-state index in [0.717, 1.165) is 66.0 Å². The molecule has 4 aromatic rings. The standard InChI is InChI=1S/C36H44N6O6S/c1-36(2,3)25-19-31(34(47-6)32(20-25)40-49(45,46)23-33(43)41(4)5)39-35(44)38-30-14-13-27(28-9-7-8-10-29(28)30)24-11-12-26(37-21-24)22-42-15-17-48-18-16-42/h7-14,19-21,40H,15-18,22-23H2,1-6H3,(H2,38,39,44). The van der Waals surface area contributed by atoms with Crippen molar-refractivity contribution in [2.45, 2.75) is 32.7 Å². The molecule has 49 heavy (non-hydrogen) atoms. The second kappa shape index (κ2) is 14.8. The fourth-order valence-electron chi connectivity index (χ4n) is 5.55. The Kier molecular flexibility index (Phi) is 10.8. The van der Waals surface area contributed by atoms with E-state index in [9.17, 15) is 18.0 Å². The molecule has 13 heteroatoms. The zero-order valence-electron chi connectivity index (χ0n) is 28.8. The predicted octanol–water partition coefficient (Wildman–Crippen LogP) is 5.51. The van der Waals surface area contributed by atoms with Gasteiger partial charge >= 0.3 is 6.03 Å². The lowest BCUT2D eigenvalue weighted by molar-refractivity contribution is -0.125. The summed E-state index contributed by atoms with van der Waals surface area (Å²) in [5.41, 5.74) is 4.21. The van der Waals surface area contributed by atoms with Crippen molar-refractivity contribution in [1.82, 2.24) is 14.8 Å². The first-order valence-corrected chi connectivity index (χ1v) is 17.7. The number of hydrogen-bond acceptors (Lipinski definition) is 8. The number of rotatable bonds is 10. The van der Waals surface area contributed by atoms with Gasteiger partial charge in [-0.2, -0.15) is 0 Å². The normalized spacial score (nSPS) is 13.9. The number of amides is 3. The molecule has 3 aromatic carbocycles. The molecule has 3 amide bonds. The molecule has 0 bridgehead atoms. The van der Waals surface area contributed by atoms with Crippen LogP contribution in [0.5, 0.6) is 5.75 Å². The third-order valence-corrected chi connectivity index (χ3v) is 9.44. The fourth-order valence-corrected chi connectivity index (χ4v) is 6.69. The van der Waals surface area contributed by atoms with Gasteiger partial charge in [-0.15, -0.1) is 0 Å². The summed E-state index contributed by atoms with van der Waals surface area (Å²) in [4.78, 5) is 34.0. The third-order valence-electron chi connectivity index (χ3n) is 8.28. The maximum atomic E-state index is 13.5. The quantitative estimate of drug-likeness (QED) is 0.198. The highest BCUT2D eigenvalue weighted by Gasteiger charge is 2.25. The SMILES string of the molecule is COc1c(NC(=O)Nc2ccc(-c3ccc(CN4CCOCC4)nc3)c3ccccc23)cc(C(C)(C)C)cc1NS(=O)(=O)CC(=O)N(C)C. The number of methoxy groups -OCH3 is 1. The van der Waals surface area contributed by atoms with Crippen LogP contribution >= 0.6 is 0 Å².